The van der Waals surface area contributed by atoms with Crippen molar-refractivity contribution in [3.8, 4) is 0 Å². The molecule has 1 unspecified atom stereocenters. The maximum atomic E-state index is 12.8. The summed E-state index contributed by atoms with van der Waals surface area (Å²) in [7, 11) is -3.42. The quantitative estimate of drug-likeness (QED) is 0.860. The Morgan fingerprint density at radius 3 is 2.71 bits per heavy atom. The van der Waals surface area contributed by atoms with Crippen LogP contribution in [0.3, 0.4) is 0 Å². The van der Waals surface area contributed by atoms with E-state index >= 15 is 0 Å². The van der Waals surface area contributed by atoms with Gasteiger partial charge in [-0.2, -0.15) is 4.31 Å². The standard InChI is InChI=1S/C15H23BrN2O2S/c1-11(2)17-10-13-6-7-14(16)15(9-13)21(19,20)18-8-4-5-12(18)3/h6-7,9,11-12,17H,4-5,8,10H2,1-3H3. The van der Waals surface area contributed by atoms with E-state index in [-0.39, 0.29) is 6.04 Å². The van der Waals surface area contributed by atoms with Gasteiger partial charge in [-0.05, 0) is 53.4 Å². The number of rotatable bonds is 5. The lowest BCUT2D eigenvalue weighted by atomic mass is 10.2. The SMILES string of the molecule is CC(C)NCc1ccc(Br)c(S(=O)(=O)N2CCCC2C)c1. The van der Waals surface area contributed by atoms with Crippen LogP contribution in [0.4, 0.5) is 0 Å². The molecule has 0 amide bonds. The number of nitrogens with one attached hydrogen (secondary N) is 1. The Morgan fingerprint density at radius 1 is 1.43 bits per heavy atom. The average molecular weight is 375 g/mol. The van der Waals surface area contributed by atoms with E-state index in [2.05, 4.69) is 35.1 Å². The molecule has 0 bridgehead atoms. The van der Waals surface area contributed by atoms with Crippen LogP contribution in [-0.4, -0.2) is 31.4 Å². The summed E-state index contributed by atoms with van der Waals surface area (Å²) in [6.07, 6.45) is 1.87. The molecule has 1 N–H and O–H groups in total. The number of halogens is 1. The summed E-state index contributed by atoms with van der Waals surface area (Å²) < 4.78 is 27.9. The molecule has 0 radical (unpaired) electrons. The summed E-state index contributed by atoms with van der Waals surface area (Å²) in [5.74, 6) is 0. The maximum Gasteiger partial charge on any atom is 0.244 e. The van der Waals surface area contributed by atoms with Gasteiger partial charge in [-0.3, -0.25) is 0 Å². The van der Waals surface area contributed by atoms with Crippen LogP contribution in [0.5, 0.6) is 0 Å². The van der Waals surface area contributed by atoms with Crippen LogP contribution in [0, 0.1) is 0 Å². The Hall–Kier alpha value is -0.430. The zero-order valence-corrected chi connectivity index (χ0v) is 15.2. The Bertz CT molecular complexity index is 602. The summed E-state index contributed by atoms with van der Waals surface area (Å²) in [6.45, 7) is 7.40. The van der Waals surface area contributed by atoms with Crippen molar-refractivity contribution in [2.45, 2.75) is 57.1 Å². The second kappa shape index (κ2) is 6.77. The lowest BCUT2D eigenvalue weighted by molar-refractivity contribution is 0.408. The Morgan fingerprint density at radius 2 is 2.14 bits per heavy atom. The van der Waals surface area contributed by atoms with Crippen LogP contribution in [-0.2, 0) is 16.6 Å². The Labute approximate surface area is 136 Å². The van der Waals surface area contributed by atoms with Gasteiger partial charge in [0.05, 0.1) is 4.90 Å². The number of hydrogen-bond acceptors (Lipinski definition) is 3. The normalized spacial score (nSPS) is 20.3. The molecule has 1 aliphatic rings. The fourth-order valence-electron chi connectivity index (χ4n) is 2.57. The molecule has 1 aromatic rings. The van der Waals surface area contributed by atoms with Gasteiger partial charge in [0.2, 0.25) is 10.0 Å². The van der Waals surface area contributed by atoms with E-state index < -0.39 is 10.0 Å². The van der Waals surface area contributed by atoms with Gasteiger partial charge in [0.25, 0.3) is 0 Å². The maximum absolute atomic E-state index is 12.8. The lowest BCUT2D eigenvalue weighted by Gasteiger charge is -2.22. The van der Waals surface area contributed by atoms with Crippen LogP contribution in [0.1, 0.15) is 39.2 Å². The molecule has 4 nitrogen and oxygen atoms in total. The van der Waals surface area contributed by atoms with E-state index in [1.165, 1.54) is 0 Å². The average Bonchev–Trinajstić information content (AvgIpc) is 2.84. The van der Waals surface area contributed by atoms with Crippen molar-refractivity contribution in [2.75, 3.05) is 6.54 Å². The molecule has 1 aromatic carbocycles. The van der Waals surface area contributed by atoms with Crippen molar-refractivity contribution in [3.63, 3.8) is 0 Å². The van der Waals surface area contributed by atoms with Gasteiger partial charge in [0.1, 0.15) is 0 Å². The molecular weight excluding hydrogens is 352 g/mol. The van der Waals surface area contributed by atoms with Gasteiger partial charge in [0.15, 0.2) is 0 Å². The minimum atomic E-state index is -3.42. The molecule has 1 atom stereocenters. The molecule has 6 heteroatoms. The third-order valence-corrected chi connectivity index (χ3v) is 6.80. The van der Waals surface area contributed by atoms with Crippen LogP contribution < -0.4 is 5.32 Å². The highest BCUT2D eigenvalue weighted by molar-refractivity contribution is 9.10. The van der Waals surface area contributed by atoms with Gasteiger partial charge in [-0.15, -0.1) is 0 Å². The summed E-state index contributed by atoms with van der Waals surface area (Å²) >= 11 is 3.39. The smallest absolute Gasteiger partial charge is 0.244 e. The molecule has 0 aliphatic carbocycles. The third kappa shape index (κ3) is 3.86. The van der Waals surface area contributed by atoms with Crippen LogP contribution in [0.25, 0.3) is 0 Å². The van der Waals surface area contributed by atoms with Gasteiger partial charge in [-0.25, -0.2) is 8.42 Å². The van der Waals surface area contributed by atoms with Crippen molar-refractivity contribution in [1.82, 2.24) is 9.62 Å². The van der Waals surface area contributed by atoms with Gasteiger partial charge in [-0.1, -0.05) is 19.9 Å². The van der Waals surface area contributed by atoms with E-state index in [9.17, 15) is 8.42 Å². The van der Waals surface area contributed by atoms with Gasteiger partial charge < -0.3 is 5.32 Å². The largest absolute Gasteiger partial charge is 0.310 e. The molecule has 1 fully saturated rings. The predicted molar refractivity (Wildman–Crippen MR) is 88.7 cm³/mol. The molecule has 1 aliphatic heterocycles. The summed E-state index contributed by atoms with van der Waals surface area (Å²) in [5, 5.41) is 3.31. The first kappa shape index (κ1) is 16.9. The van der Waals surface area contributed by atoms with Crippen molar-refractivity contribution in [2.24, 2.45) is 0 Å². The van der Waals surface area contributed by atoms with Crippen molar-refractivity contribution >= 4 is 26.0 Å². The van der Waals surface area contributed by atoms with Crippen molar-refractivity contribution in [1.29, 1.82) is 0 Å². The highest BCUT2D eigenvalue weighted by Gasteiger charge is 2.33. The van der Waals surface area contributed by atoms with E-state index in [0.717, 1.165) is 18.4 Å². The molecule has 1 saturated heterocycles. The van der Waals surface area contributed by atoms with Gasteiger partial charge >= 0.3 is 0 Å². The minimum Gasteiger partial charge on any atom is -0.310 e. The second-order valence-electron chi connectivity index (χ2n) is 5.91. The highest BCUT2D eigenvalue weighted by Crippen LogP contribution is 2.30. The lowest BCUT2D eigenvalue weighted by Crippen LogP contribution is -2.34. The predicted octanol–water partition coefficient (Wildman–Crippen LogP) is 3.12. The third-order valence-electron chi connectivity index (χ3n) is 3.79. The Kier molecular flexibility index (Phi) is 5.46. The molecule has 0 saturated carbocycles. The van der Waals surface area contributed by atoms with Crippen molar-refractivity contribution in [3.05, 3.63) is 28.2 Å². The fourth-order valence-corrected chi connectivity index (χ4v) is 5.24. The van der Waals surface area contributed by atoms with E-state index in [4.69, 9.17) is 0 Å². The molecule has 118 valence electrons. The van der Waals surface area contributed by atoms with E-state index in [0.29, 0.717) is 28.5 Å². The number of nitrogens with zero attached hydrogens (tertiary/aromatic N) is 1. The molecule has 21 heavy (non-hydrogen) atoms. The molecule has 2 rings (SSSR count). The van der Waals surface area contributed by atoms with E-state index in [1.54, 1.807) is 10.4 Å². The second-order valence-corrected chi connectivity index (χ2v) is 8.62. The van der Waals surface area contributed by atoms with Crippen LogP contribution >= 0.6 is 15.9 Å². The zero-order chi connectivity index (χ0) is 15.6. The van der Waals surface area contributed by atoms with Gasteiger partial charge in [0, 0.05) is 29.6 Å². The number of hydrogen-bond donors (Lipinski definition) is 1. The summed E-state index contributed by atoms with van der Waals surface area (Å²) in [4.78, 5) is 0.374. The molecule has 0 aromatic heterocycles. The summed E-state index contributed by atoms with van der Waals surface area (Å²) in [5.41, 5.74) is 0.984. The topological polar surface area (TPSA) is 49.4 Å². The fraction of sp³-hybridized carbons (Fsp3) is 0.600. The molecule has 1 heterocycles. The number of sulfonamides is 1. The molecule has 0 spiro atoms. The number of benzene rings is 1. The monoisotopic (exact) mass is 374 g/mol. The first-order valence-electron chi connectivity index (χ1n) is 7.36. The first-order valence-corrected chi connectivity index (χ1v) is 9.59. The molecular formula is C15H23BrN2O2S. The Balaban J connectivity index is 2.31. The zero-order valence-electron chi connectivity index (χ0n) is 12.8. The van der Waals surface area contributed by atoms with Crippen LogP contribution in [0.15, 0.2) is 27.6 Å². The van der Waals surface area contributed by atoms with E-state index in [1.807, 2.05) is 19.1 Å². The van der Waals surface area contributed by atoms with Crippen LogP contribution in [0.2, 0.25) is 0 Å². The highest BCUT2D eigenvalue weighted by atomic mass is 79.9. The summed E-state index contributed by atoms with van der Waals surface area (Å²) in [6, 6.07) is 6.00. The minimum absolute atomic E-state index is 0.0827. The van der Waals surface area contributed by atoms with Crippen molar-refractivity contribution < 1.29 is 8.42 Å². The first-order chi connectivity index (χ1) is 9.82.